The zero-order valence-electron chi connectivity index (χ0n) is 20.0. The van der Waals surface area contributed by atoms with Crippen molar-refractivity contribution in [3.63, 3.8) is 0 Å². The first-order valence-corrected chi connectivity index (χ1v) is 13.8. The Bertz CT molecular complexity index is 1320. The van der Waals surface area contributed by atoms with Crippen molar-refractivity contribution < 1.29 is 44.3 Å². The monoisotopic (exact) mass is 650 g/mol. The Balaban J connectivity index is 2.39. The van der Waals surface area contributed by atoms with Crippen molar-refractivity contribution in [2.45, 2.75) is 43.5 Å². The number of halogens is 8. The zero-order valence-corrected chi connectivity index (χ0v) is 23.2. The van der Waals surface area contributed by atoms with Crippen LogP contribution in [0.5, 0.6) is 0 Å². The molecule has 15 heteroatoms. The van der Waals surface area contributed by atoms with Gasteiger partial charge in [-0.1, -0.05) is 36.7 Å². The van der Waals surface area contributed by atoms with Crippen molar-refractivity contribution in [2.75, 3.05) is 16.8 Å². The molecule has 0 aromatic heterocycles. The Morgan fingerprint density at radius 2 is 1.66 bits per heavy atom. The first kappa shape index (κ1) is 31.9. The van der Waals surface area contributed by atoms with Gasteiger partial charge in [0.15, 0.2) is 9.84 Å². The van der Waals surface area contributed by atoms with Crippen molar-refractivity contribution in [3.8, 4) is 0 Å². The highest BCUT2D eigenvalue weighted by molar-refractivity contribution is 9.10. The summed E-state index contributed by atoms with van der Waals surface area (Å²) in [6, 6.07) is 4.80. The molecule has 0 saturated carbocycles. The molecule has 0 fully saturated rings. The molecule has 0 aliphatic heterocycles. The van der Waals surface area contributed by atoms with Gasteiger partial charge in [0.2, 0.25) is 0 Å². The van der Waals surface area contributed by atoms with Gasteiger partial charge in [-0.25, -0.2) is 12.8 Å². The third-order valence-corrected chi connectivity index (χ3v) is 8.21. The van der Waals surface area contributed by atoms with E-state index in [0.29, 0.717) is 12.1 Å². The summed E-state index contributed by atoms with van der Waals surface area (Å²) in [4.78, 5) is 20.8. The largest absolute Gasteiger partial charge is 0.433 e. The quantitative estimate of drug-likeness (QED) is 0.251. The topological polar surface area (TPSA) is 92.3 Å². The molecule has 0 aliphatic rings. The third kappa shape index (κ3) is 6.81. The van der Waals surface area contributed by atoms with E-state index < -0.39 is 49.9 Å². The number of nitrogens with one attached hydrogen (secondary N) is 2. The van der Waals surface area contributed by atoms with Gasteiger partial charge < -0.3 is 10.6 Å². The second-order valence-electron chi connectivity index (χ2n) is 8.37. The lowest BCUT2D eigenvalue weighted by atomic mass is 9.93. The molecule has 2 aromatic rings. The predicted octanol–water partition coefficient (Wildman–Crippen LogP) is 6.17. The molecule has 2 atom stereocenters. The van der Waals surface area contributed by atoms with E-state index in [0.717, 1.165) is 13.0 Å². The van der Waals surface area contributed by atoms with Gasteiger partial charge >= 0.3 is 16.7 Å². The van der Waals surface area contributed by atoms with E-state index in [1.54, 1.807) is 0 Å². The van der Waals surface area contributed by atoms with Crippen molar-refractivity contribution in [3.05, 3.63) is 63.7 Å². The Labute approximate surface area is 228 Å². The van der Waals surface area contributed by atoms with E-state index in [1.807, 2.05) is 0 Å². The van der Waals surface area contributed by atoms with Crippen molar-refractivity contribution in [1.29, 1.82) is 0 Å². The van der Waals surface area contributed by atoms with Crippen LogP contribution in [-0.4, -0.2) is 48.8 Å². The minimum atomic E-state index is -5.98. The summed E-state index contributed by atoms with van der Waals surface area (Å²) in [5.74, 6) is -2.33. The van der Waals surface area contributed by atoms with Crippen molar-refractivity contribution in [1.82, 2.24) is 5.32 Å². The summed E-state index contributed by atoms with van der Waals surface area (Å²) >= 11 is 7.59. The van der Waals surface area contributed by atoms with E-state index in [4.69, 9.17) is 11.6 Å². The highest BCUT2D eigenvalue weighted by atomic mass is 79.9. The molecule has 2 N–H and O–H groups in total. The molecule has 38 heavy (non-hydrogen) atoms. The molecule has 0 heterocycles. The van der Waals surface area contributed by atoms with E-state index >= 15 is 0 Å². The molecular weight excluding hydrogens is 630 g/mol. The van der Waals surface area contributed by atoms with E-state index in [-0.39, 0.29) is 38.9 Å². The zero-order chi connectivity index (χ0) is 29.3. The number of amides is 2. The lowest BCUT2D eigenvalue weighted by Crippen LogP contribution is -2.49. The fraction of sp³-hybridized carbons (Fsp3) is 0.391. The number of anilines is 1. The number of benzene rings is 2. The van der Waals surface area contributed by atoms with Crippen LogP contribution in [-0.2, 0) is 15.5 Å². The summed E-state index contributed by atoms with van der Waals surface area (Å²) in [6.07, 6.45) is -5.98. The summed E-state index contributed by atoms with van der Waals surface area (Å²) < 4.78 is 105. The lowest BCUT2D eigenvalue weighted by Gasteiger charge is -2.32. The Morgan fingerprint density at radius 1 is 1.05 bits per heavy atom. The molecule has 210 valence electrons. The van der Waals surface area contributed by atoms with Crippen LogP contribution in [0.3, 0.4) is 0 Å². The molecule has 6 nitrogen and oxygen atoms in total. The summed E-state index contributed by atoms with van der Waals surface area (Å²) in [5, 5.41) is 4.62. The number of hydrogen-bond donors (Lipinski definition) is 2. The molecule has 0 radical (unpaired) electrons. The molecular formula is C23H22BrClF6N2O4S. The van der Waals surface area contributed by atoms with Crippen LogP contribution in [0.1, 0.15) is 45.7 Å². The molecule has 0 saturated heterocycles. The highest BCUT2D eigenvalue weighted by Crippen LogP contribution is 2.55. The smallest absolute Gasteiger partial charge is 0.348 e. The Kier molecular flexibility index (Phi) is 9.59. The minimum Gasteiger partial charge on any atom is -0.348 e. The van der Waals surface area contributed by atoms with Gasteiger partial charge in [0.25, 0.3) is 11.8 Å². The molecule has 0 bridgehead atoms. The number of aryl methyl sites for hydroxylation is 1. The van der Waals surface area contributed by atoms with E-state index in [9.17, 15) is 44.3 Å². The summed E-state index contributed by atoms with van der Waals surface area (Å²) in [7, 11) is -3.44. The molecule has 1 unspecified atom stereocenters. The lowest BCUT2D eigenvalue weighted by molar-refractivity contribution is -0.282. The van der Waals surface area contributed by atoms with Crippen LogP contribution in [0.4, 0.5) is 32.0 Å². The van der Waals surface area contributed by atoms with E-state index in [2.05, 4.69) is 10.6 Å². The van der Waals surface area contributed by atoms with Crippen LogP contribution in [0, 0.1) is 6.92 Å². The van der Waals surface area contributed by atoms with Gasteiger partial charge in [0.1, 0.15) is 0 Å². The molecule has 2 amide bonds. The normalized spacial score (nSPS) is 14.9. The summed E-state index contributed by atoms with van der Waals surface area (Å²) in [5.41, 5.74) is -7.39. The standard InChI is InChI=1S/C23H22BrClF6N2O4S/c1-4-38(36,37)11-13(3)32-20(35)18-15(6-5-7-16(18)25)19(34)33-17-9-8-14(10-12(17)2)21(26,22(24,27)28)23(29,30)31/h5-10,13H,4,11H2,1-3H3,(H,32,35)(H,33,34)/t13-,21?/m0/s1. The van der Waals surface area contributed by atoms with Gasteiger partial charge in [-0.3, -0.25) is 9.59 Å². The number of alkyl halides is 7. The molecule has 0 spiro atoms. The highest BCUT2D eigenvalue weighted by Gasteiger charge is 2.71. The maximum Gasteiger partial charge on any atom is 0.433 e. The van der Waals surface area contributed by atoms with Crippen LogP contribution in [0.15, 0.2) is 36.4 Å². The maximum atomic E-state index is 14.7. The molecule has 0 aliphatic carbocycles. The summed E-state index contributed by atoms with van der Waals surface area (Å²) in [6.45, 7) is 4.04. The maximum absolute atomic E-state index is 14.7. The second-order valence-corrected chi connectivity index (χ2v) is 12.2. The minimum absolute atomic E-state index is 0.148. The number of carbonyl (C=O) groups is 2. The van der Waals surface area contributed by atoms with Crippen LogP contribution >= 0.6 is 27.5 Å². The third-order valence-electron chi connectivity index (χ3n) is 5.46. The van der Waals surface area contributed by atoms with E-state index in [1.165, 1.54) is 48.0 Å². The molecule has 2 aromatic carbocycles. The van der Waals surface area contributed by atoms with Gasteiger partial charge in [-0.2, -0.15) is 22.0 Å². The van der Waals surface area contributed by atoms with Crippen LogP contribution in [0.2, 0.25) is 5.02 Å². The number of carbonyl (C=O) groups excluding carboxylic acids is 2. The van der Waals surface area contributed by atoms with Gasteiger partial charge in [-0.15, -0.1) is 0 Å². The van der Waals surface area contributed by atoms with Gasteiger partial charge in [0.05, 0.1) is 21.9 Å². The van der Waals surface area contributed by atoms with Gasteiger partial charge in [0, 0.05) is 23.0 Å². The fourth-order valence-electron chi connectivity index (χ4n) is 3.48. The average Bonchev–Trinajstić information content (AvgIpc) is 2.77. The average molecular weight is 652 g/mol. The molecule has 2 rings (SSSR count). The first-order chi connectivity index (χ1) is 17.2. The second kappa shape index (κ2) is 11.4. The number of hydrogen-bond acceptors (Lipinski definition) is 4. The van der Waals surface area contributed by atoms with Crippen LogP contribution < -0.4 is 10.6 Å². The fourth-order valence-corrected chi connectivity index (χ4v) is 5.27. The van der Waals surface area contributed by atoms with Crippen LogP contribution in [0.25, 0.3) is 0 Å². The first-order valence-electron chi connectivity index (χ1n) is 10.8. The Morgan fingerprint density at radius 3 is 2.16 bits per heavy atom. The van der Waals surface area contributed by atoms with Gasteiger partial charge in [-0.05, 0) is 53.5 Å². The van der Waals surface area contributed by atoms with Crippen molar-refractivity contribution in [2.24, 2.45) is 0 Å². The predicted molar refractivity (Wildman–Crippen MR) is 135 cm³/mol. The Hall–Kier alpha value is -2.32. The van der Waals surface area contributed by atoms with Crippen molar-refractivity contribution >= 4 is 54.9 Å². The number of rotatable bonds is 9. The SMILES string of the molecule is CCS(=O)(=O)C[C@H](C)NC(=O)c1c(Cl)cccc1C(=O)Nc1ccc(C(F)(C(F)(F)F)C(F)(F)Br)cc1C. The number of sulfone groups is 1.